The predicted molar refractivity (Wildman–Crippen MR) is 99.5 cm³/mol. The molecule has 4 nitrogen and oxygen atoms in total. The zero-order valence-corrected chi connectivity index (χ0v) is 14.9. The second kappa shape index (κ2) is 10.0. The molecule has 1 aromatic rings. The fourth-order valence-corrected chi connectivity index (χ4v) is 2.83. The average molecular weight is 330 g/mol. The van der Waals surface area contributed by atoms with Gasteiger partial charge in [0.1, 0.15) is 5.75 Å². The maximum absolute atomic E-state index is 11.9. The number of hydrogen-bond acceptors (Lipinski definition) is 3. The minimum Gasteiger partial charge on any atom is -0.491 e. The van der Waals surface area contributed by atoms with E-state index in [0.29, 0.717) is 13.0 Å². The number of amides is 1. The van der Waals surface area contributed by atoms with Crippen LogP contribution >= 0.6 is 0 Å². The number of ether oxygens (including phenoxy) is 1. The van der Waals surface area contributed by atoms with Crippen LogP contribution in [0.15, 0.2) is 35.9 Å². The van der Waals surface area contributed by atoms with Crippen molar-refractivity contribution in [1.29, 1.82) is 0 Å². The van der Waals surface area contributed by atoms with Crippen LogP contribution < -0.4 is 15.4 Å². The van der Waals surface area contributed by atoms with E-state index in [2.05, 4.69) is 16.7 Å². The highest BCUT2D eigenvalue weighted by Gasteiger charge is 2.05. The van der Waals surface area contributed by atoms with Gasteiger partial charge in [0, 0.05) is 25.2 Å². The Balaban J connectivity index is 1.59. The third kappa shape index (κ3) is 7.07. The summed E-state index contributed by atoms with van der Waals surface area (Å²) in [6, 6.07) is 7.84. The van der Waals surface area contributed by atoms with Crippen molar-refractivity contribution in [3.63, 3.8) is 0 Å². The van der Waals surface area contributed by atoms with E-state index in [-0.39, 0.29) is 12.0 Å². The molecule has 0 bridgehead atoms. The second-order valence-electron chi connectivity index (χ2n) is 6.58. The molecule has 0 fully saturated rings. The normalized spacial score (nSPS) is 14.2. The lowest BCUT2D eigenvalue weighted by molar-refractivity contribution is -0.120. The van der Waals surface area contributed by atoms with Crippen molar-refractivity contribution in [2.45, 2.75) is 58.5 Å². The molecule has 24 heavy (non-hydrogen) atoms. The molecule has 2 rings (SSSR count). The van der Waals surface area contributed by atoms with E-state index in [1.54, 1.807) is 0 Å². The van der Waals surface area contributed by atoms with Crippen molar-refractivity contribution in [3.05, 3.63) is 35.9 Å². The van der Waals surface area contributed by atoms with Gasteiger partial charge >= 0.3 is 0 Å². The number of allylic oxidation sites excluding steroid dienone is 1. The number of benzene rings is 1. The van der Waals surface area contributed by atoms with Gasteiger partial charge in [-0.15, -0.1) is 0 Å². The van der Waals surface area contributed by atoms with Gasteiger partial charge in [0.05, 0.1) is 6.10 Å². The van der Waals surface area contributed by atoms with Gasteiger partial charge in [-0.1, -0.05) is 11.6 Å². The second-order valence-corrected chi connectivity index (χ2v) is 6.58. The number of anilines is 1. The molecule has 0 unspecified atom stereocenters. The minimum absolute atomic E-state index is 0.110. The molecule has 2 N–H and O–H groups in total. The number of rotatable bonds is 9. The summed E-state index contributed by atoms with van der Waals surface area (Å²) in [5, 5.41) is 6.28. The number of carbonyl (C=O) groups excluding carboxylic acids is 1. The van der Waals surface area contributed by atoms with Crippen LogP contribution in [0.4, 0.5) is 5.69 Å². The van der Waals surface area contributed by atoms with E-state index in [0.717, 1.165) is 24.4 Å². The highest BCUT2D eigenvalue weighted by atomic mass is 16.5. The molecule has 0 spiro atoms. The van der Waals surface area contributed by atoms with E-state index in [1.807, 2.05) is 38.1 Å². The van der Waals surface area contributed by atoms with Crippen molar-refractivity contribution in [2.24, 2.45) is 0 Å². The topological polar surface area (TPSA) is 50.4 Å². The van der Waals surface area contributed by atoms with Gasteiger partial charge in [0.15, 0.2) is 0 Å². The predicted octanol–water partition coefficient (Wildman–Crippen LogP) is 4.28. The van der Waals surface area contributed by atoms with E-state index in [4.69, 9.17) is 4.74 Å². The summed E-state index contributed by atoms with van der Waals surface area (Å²) in [6.07, 6.45) is 9.01. The Morgan fingerprint density at radius 1 is 1.17 bits per heavy atom. The van der Waals surface area contributed by atoms with Gasteiger partial charge in [0.25, 0.3) is 0 Å². The third-order valence-electron chi connectivity index (χ3n) is 4.06. The fourth-order valence-electron chi connectivity index (χ4n) is 2.83. The number of hydrogen-bond donors (Lipinski definition) is 2. The van der Waals surface area contributed by atoms with Gasteiger partial charge < -0.3 is 15.4 Å². The van der Waals surface area contributed by atoms with Crippen molar-refractivity contribution in [2.75, 3.05) is 18.4 Å². The third-order valence-corrected chi connectivity index (χ3v) is 4.06. The number of carbonyl (C=O) groups is 1. The molecule has 4 heteroatoms. The molecule has 1 aliphatic carbocycles. The lowest BCUT2D eigenvalue weighted by Gasteiger charge is -2.13. The van der Waals surface area contributed by atoms with Crippen LogP contribution in [0.3, 0.4) is 0 Å². The summed E-state index contributed by atoms with van der Waals surface area (Å²) in [5.74, 6) is 0.976. The van der Waals surface area contributed by atoms with E-state index >= 15 is 0 Å². The first kappa shape index (κ1) is 18.4. The summed E-state index contributed by atoms with van der Waals surface area (Å²) in [7, 11) is 0. The quantitative estimate of drug-likeness (QED) is 0.664. The molecule has 0 radical (unpaired) electrons. The molecular formula is C20H30N2O2. The van der Waals surface area contributed by atoms with Crippen LogP contribution in [0.25, 0.3) is 0 Å². The zero-order chi connectivity index (χ0) is 17.2. The average Bonchev–Trinajstić information content (AvgIpc) is 2.57. The first-order valence-electron chi connectivity index (χ1n) is 9.08. The molecule has 1 amide bonds. The Labute approximate surface area is 145 Å². The Morgan fingerprint density at radius 3 is 2.62 bits per heavy atom. The summed E-state index contributed by atoms with van der Waals surface area (Å²) < 4.78 is 5.61. The van der Waals surface area contributed by atoms with Gasteiger partial charge in [-0.25, -0.2) is 0 Å². The van der Waals surface area contributed by atoms with Crippen LogP contribution in [-0.2, 0) is 4.79 Å². The van der Waals surface area contributed by atoms with Crippen molar-refractivity contribution < 1.29 is 9.53 Å². The van der Waals surface area contributed by atoms with Crippen LogP contribution in [0, 0.1) is 0 Å². The van der Waals surface area contributed by atoms with Gasteiger partial charge in [-0.05, 0) is 70.2 Å². The monoisotopic (exact) mass is 330 g/mol. The first-order valence-corrected chi connectivity index (χ1v) is 9.08. The molecule has 0 aliphatic heterocycles. The SMILES string of the molecule is CC(C)Oc1ccc(NCCC(=O)NCCC2=CCCCC2)cc1. The Bertz CT molecular complexity index is 535. The van der Waals surface area contributed by atoms with Crippen molar-refractivity contribution in [1.82, 2.24) is 5.32 Å². The van der Waals surface area contributed by atoms with E-state index in [1.165, 1.54) is 31.3 Å². The lowest BCUT2D eigenvalue weighted by Crippen LogP contribution is -2.26. The smallest absolute Gasteiger partial charge is 0.221 e. The highest BCUT2D eigenvalue weighted by molar-refractivity contribution is 5.76. The molecule has 1 aromatic carbocycles. The van der Waals surface area contributed by atoms with Crippen LogP contribution in [0.2, 0.25) is 0 Å². The molecule has 0 atom stereocenters. The summed E-state index contributed by atoms with van der Waals surface area (Å²) in [6.45, 7) is 5.41. The molecule has 132 valence electrons. The largest absolute Gasteiger partial charge is 0.491 e. The maximum atomic E-state index is 11.9. The summed E-state index contributed by atoms with van der Waals surface area (Å²) in [5.41, 5.74) is 2.51. The molecule has 1 aliphatic rings. The Morgan fingerprint density at radius 2 is 1.96 bits per heavy atom. The molecular weight excluding hydrogens is 300 g/mol. The van der Waals surface area contributed by atoms with E-state index < -0.39 is 0 Å². The highest BCUT2D eigenvalue weighted by Crippen LogP contribution is 2.19. The van der Waals surface area contributed by atoms with Crippen LogP contribution in [0.1, 0.15) is 52.4 Å². The molecule has 0 heterocycles. The van der Waals surface area contributed by atoms with Gasteiger partial charge in [0.2, 0.25) is 5.91 Å². The van der Waals surface area contributed by atoms with Crippen molar-refractivity contribution in [3.8, 4) is 5.75 Å². The van der Waals surface area contributed by atoms with Crippen molar-refractivity contribution >= 4 is 11.6 Å². The van der Waals surface area contributed by atoms with Gasteiger partial charge in [-0.2, -0.15) is 0 Å². The molecule has 0 aromatic heterocycles. The Hall–Kier alpha value is -1.97. The zero-order valence-electron chi connectivity index (χ0n) is 14.9. The minimum atomic E-state index is 0.110. The summed E-state index contributed by atoms with van der Waals surface area (Å²) in [4.78, 5) is 11.9. The Kier molecular flexibility index (Phi) is 7.66. The van der Waals surface area contributed by atoms with Crippen LogP contribution in [0.5, 0.6) is 5.75 Å². The maximum Gasteiger partial charge on any atom is 0.221 e. The molecule has 0 saturated carbocycles. The standard InChI is InChI=1S/C20H30N2O2/c1-16(2)24-19-10-8-18(9-11-19)21-15-13-20(23)22-14-12-17-6-4-3-5-7-17/h6,8-11,16,21H,3-5,7,12-15H2,1-2H3,(H,22,23). The van der Waals surface area contributed by atoms with Gasteiger partial charge in [-0.3, -0.25) is 4.79 Å². The first-order chi connectivity index (χ1) is 11.6. The lowest BCUT2D eigenvalue weighted by atomic mass is 9.97. The van der Waals surface area contributed by atoms with Crippen LogP contribution in [-0.4, -0.2) is 25.1 Å². The van der Waals surface area contributed by atoms with E-state index in [9.17, 15) is 4.79 Å². The number of nitrogens with one attached hydrogen (secondary N) is 2. The summed E-state index contributed by atoms with van der Waals surface area (Å²) >= 11 is 0. The molecule has 0 saturated heterocycles. The fraction of sp³-hybridized carbons (Fsp3) is 0.550.